The van der Waals surface area contributed by atoms with Crippen molar-refractivity contribution in [3.05, 3.63) is 29.5 Å². The number of aromatic nitrogens is 2. The fourth-order valence-electron chi connectivity index (χ4n) is 2.15. The van der Waals surface area contributed by atoms with E-state index in [0.717, 1.165) is 22.6 Å². The maximum absolute atomic E-state index is 5.45. The van der Waals surface area contributed by atoms with E-state index in [1.54, 1.807) is 13.3 Å². The molecule has 1 heterocycles. The predicted molar refractivity (Wildman–Crippen MR) is 77.2 cm³/mol. The minimum atomic E-state index is 0.393. The van der Waals surface area contributed by atoms with E-state index in [4.69, 9.17) is 10.6 Å². The molecule has 0 unspecified atom stereocenters. The van der Waals surface area contributed by atoms with E-state index >= 15 is 0 Å². The van der Waals surface area contributed by atoms with Crippen molar-refractivity contribution in [2.24, 2.45) is 5.84 Å². The Hall–Kier alpha value is -2.01. The van der Waals surface area contributed by atoms with E-state index in [1.807, 2.05) is 0 Å². The Labute approximate surface area is 113 Å². The molecule has 0 amide bonds. The van der Waals surface area contributed by atoms with Crippen LogP contribution in [-0.4, -0.2) is 17.1 Å². The molecule has 0 aliphatic carbocycles. The molecule has 102 valence electrons. The number of benzene rings is 1. The van der Waals surface area contributed by atoms with E-state index in [9.17, 15) is 0 Å². The van der Waals surface area contributed by atoms with Gasteiger partial charge in [0.2, 0.25) is 5.95 Å². The summed E-state index contributed by atoms with van der Waals surface area (Å²) in [5.74, 6) is 7.21. The Balaban J connectivity index is 2.54. The molecular weight excluding hydrogens is 240 g/mol. The van der Waals surface area contributed by atoms with Gasteiger partial charge in [-0.15, -0.1) is 0 Å². The summed E-state index contributed by atoms with van der Waals surface area (Å²) in [5, 5.41) is 0. The topological polar surface area (TPSA) is 76.0 Å². The molecule has 5 heteroatoms. The summed E-state index contributed by atoms with van der Waals surface area (Å²) >= 11 is 0. The first-order chi connectivity index (χ1) is 9.06. The minimum Gasteiger partial charge on any atom is -0.496 e. The highest BCUT2D eigenvalue weighted by molar-refractivity contribution is 5.67. The van der Waals surface area contributed by atoms with E-state index < -0.39 is 0 Å². The Morgan fingerprint density at radius 2 is 2.11 bits per heavy atom. The minimum absolute atomic E-state index is 0.393. The number of nitrogens with one attached hydrogen (secondary N) is 2. The van der Waals surface area contributed by atoms with Crippen LogP contribution in [0.5, 0.6) is 5.75 Å². The van der Waals surface area contributed by atoms with Gasteiger partial charge in [0.15, 0.2) is 0 Å². The third-order valence-electron chi connectivity index (χ3n) is 3.20. The van der Waals surface area contributed by atoms with Crippen LogP contribution in [0.25, 0.3) is 11.3 Å². The summed E-state index contributed by atoms with van der Waals surface area (Å²) in [6.45, 7) is 6.35. The molecule has 0 spiro atoms. The average molecular weight is 260 g/mol. The molecule has 0 saturated heterocycles. The lowest BCUT2D eigenvalue weighted by Crippen LogP contribution is -2.07. The zero-order valence-electron chi connectivity index (χ0n) is 11.7. The zero-order valence-corrected chi connectivity index (χ0v) is 11.7. The summed E-state index contributed by atoms with van der Waals surface area (Å²) in [6, 6.07) is 4.20. The number of hydrazine groups is 1. The molecule has 1 aromatic carbocycles. The van der Waals surface area contributed by atoms with Gasteiger partial charge in [0, 0.05) is 5.56 Å². The number of nitrogen functional groups attached to an aromatic ring is 1. The number of ether oxygens (including phenoxy) is 1. The summed E-state index contributed by atoms with van der Waals surface area (Å²) in [7, 11) is 1.70. The van der Waals surface area contributed by atoms with Gasteiger partial charge in [-0.1, -0.05) is 13.8 Å². The van der Waals surface area contributed by atoms with Crippen LogP contribution >= 0.6 is 0 Å². The molecule has 2 rings (SSSR count). The first-order valence-corrected chi connectivity index (χ1v) is 6.27. The van der Waals surface area contributed by atoms with Gasteiger partial charge in [0.05, 0.1) is 19.0 Å². The Morgan fingerprint density at radius 1 is 1.37 bits per heavy atom. The van der Waals surface area contributed by atoms with Crippen LogP contribution in [0.3, 0.4) is 0 Å². The monoisotopic (exact) mass is 260 g/mol. The Morgan fingerprint density at radius 3 is 2.63 bits per heavy atom. The highest BCUT2D eigenvalue weighted by atomic mass is 16.5. The average Bonchev–Trinajstić information content (AvgIpc) is 2.86. The number of H-pyrrole nitrogens is 1. The van der Waals surface area contributed by atoms with Crippen LogP contribution < -0.4 is 16.0 Å². The fraction of sp³-hybridized carbons (Fsp3) is 0.357. The number of anilines is 1. The summed E-state index contributed by atoms with van der Waals surface area (Å²) in [6.07, 6.45) is 1.77. The maximum Gasteiger partial charge on any atom is 0.215 e. The molecule has 0 bridgehead atoms. The van der Waals surface area contributed by atoms with E-state index in [1.165, 1.54) is 5.56 Å². The lowest BCUT2D eigenvalue weighted by atomic mass is 9.95. The highest BCUT2D eigenvalue weighted by Gasteiger charge is 2.13. The molecule has 0 radical (unpaired) electrons. The van der Waals surface area contributed by atoms with Gasteiger partial charge in [-0.3, -0.25) is 5.43 Å². The summed E-state index contributed by atoms with van der Waals surface area (Å²) in [5.41, 5.74) is 6.87. The van der Waals surface area contributed by atoms with E-state index in [-0.39, 0.29) is 0 Å². The quantitative estimate of drug-likeness (QED) is 0.583. The molecule has 2 aromatic rings. The standard InChI is InChI=1S/C14H20N4O/c1-8(2)10-6-11(9(3)5-13(10)19-4)12-7-16-14(17-12)18-15/h5-8H,15H2,1-4H3,(H2,16,17,18). The van der Waals surface area contributed by atoms with Crippen molar-refractivity contribution in [2.75, 3.05) is 12.5 Å². The van der Waals surface area contributed by atoms with Crippen LogP contribution in [0.1, 0.15) is 30.9 Å². The second-order valence-electron chi connectivity index (χ2n) is 4.85. The number of imidazole rings is 1. The summed E-state index contributed by atoms with van der Waals surface area (Å²) < 4.78 is 5.45. The van der Waals surface area contributed by atoms with Crippen LogP contribution in [0.15, 0.2) is 18.3 Å². The summed E-state index contributed by atoms with van der Waals surface area (Å²) in [4.78, 5) is 7.28. The van der Waals surface area contributed by atoms with Crippen molar-refractivity contribution in [3.63, 3.8) is 0 Å². The third kappa shape index (κ3) is 2.56. The van der Waals surface area contributed by atoms with Crippen molar-refractivity contribution >= 4 is 5.95 Å². The van der Waals surface area contributed by atoms with Gasteiger partial charge >= 0.3 is 0 Å². The number of aryl methyl sites for hydroxylation is 1. The number of hydrogen-bond donors (Lipinski definition) is 3. The molecule has 0 atom stereocenters. The van der Waals surface area contributed by atoms with Gasteiger partial charge in [-0.25, -0.2) is 10.8 Å². The van der Waals surface area contributed by atoms with Gasteiger partial charge in [-0.05, 0) is 36.1 Å². The molecule has 4 N–H and O–H groups in total. The number of aromatic amines is 1. The number of nitrogens with two attached hydrogens (primary N) is 1. The van der Waals surface area contributed by atoms with Crippen LogP contribution in [0, 0.1) is 6.92 Å². The van der Waals surface area contributed by atoms with Crippen molar-refractivity contribution in [3.8, 4) is 17.0 Å². The molecular formula is C14H20N4O. The second-order valence-corrected chi connectivity index (χ2v) is 4.85. The molecule has 19 heavy (non-hydrogen) atoms. The molecule has 0 saturated carbocycles. The SMILES string of the molecule is COc1cc(C)c(-c2cnc(NN)[nH]2)cc1C(C)C. The number of rotatable bonds is 4. The largest absolute Gasteiger partial charge is 0.496 e. The lowest BCUT2D eigenvalue weighted by Gasteiger charge is -2.15. The highest BCUT2D eigenvalue weighted by Crippen LogP contribution is 2.33. The van der Waals surface area contributed by atoms with Crippen molar-refractivity contribution < 1.29 is 4.74 Å². The molecule has 1 aromatic heterocycles. The van der Waals surface area contributed by atoms with Gasteiger partial charge in [0.25, 0.3) is 0 Å². The maximum atomic E-state index is 5.45. The van der Waals surface area contributed by atoms with Crippen LogP contribution in [-0.2, 0) is 0 Å². The molecule has 0 aliphatic heterocycles. The predicted octanol–water partition coefficient (Wildman–Crippen LogP) is 2.80. The van der Waals surface area contributed by atoms with E-state index in [0.29, 0.717) is 11.9 Å². The van der Waals surface area contributed by atoms with E-state index in [2.05, 4.69) is 48.3 Å². The third-order valence-corrected chi connectivity index (χ3v) is 3.20. The van der Waals surface area contributed by atoms with Crippen molar-refractivity contribution in [2.45, 2.75) is 26.7 Å². The van der Waals surface area contributed by atoms with Gasteiger partial charge in [-0.2, -0.15) is 0 Å². The van der Waals surface area contributed by atoms with Crippen LogP contribution in [0.4, 0.5) is 5.95 Å². The molecule has 5 nitrogen and oxygen atoms in total. The second kappa shape index (κ2) is 5.32. The number of nitrogens with zero attached hydrogens (tertiary/aromatic N) is 1. The van der Waals surface area contributed by atoms with Crippen LogP contribution in [0.2, 0.25) is 0 Å². The Bertz CT molecular complexity index is 575. The number of hydrogen-bond acceptors (Lipinski definition) is 4. The lowest BCUT2D eigenvalue weighted by molar-refractivity contribution is 0.407. The normalized spacial score (nSPS) is 10.8. The molecule has 0 fully saturated rings. The smallest absolute Gasteiger partial charge is 0.215 e. The fourth-order valence-corrected chi connectivity index (χ4v) is 2.15. The van der Waals surface area contributed by atoms with Gasteiger partial charge < -0.3 is 9.72 Å². The van der Waals surface area contributed by atoms with Gasteiger partial charge in [0.1, 0.15) is 5.75 Å². The van der Waals surface area contributed by atoms with Crippen molar-refractivity contribution in [1.29, 1.82) is 0 Å². The number of methoxy groups -OCH3 is 1. The molecule has 0 aliphatic rings. The first-order valence-electron chi connectivity index (χ1n) is 6.27. The Kier molecular flexibility index (Phi) is 3.76. The first kappa shape index (κ1) is 13.4. The van der Waals surface area contributed by atoms with Crippen molar-refractivity contribution in [1.82, 2.24) is 9.97 Å². The zero-order chi connectivity index (χ0) is 14.0.